The third kappa shape index (κ3) is 4.14. The maximum atomic E-state index is 11.7. The van der Waals surface area contributed by atoms with E-state index in [1.165, 1.54) is 5.56 Å². The summed E-state index contributed by atoms with van der Waals surface area (Å²) < 4.78 is 11.4. The summed E-state index contributed by atoms with van der Waals surface area (Å²) in [6.07, 6.45) is 2.85. The molecule has 1 aromatic rings. The number of hydrogen-bond acceptors (Lipinski definition) is 4. The van der Waals surface area contributed by atoms with Crippen molar-refractivity contribution >= 4 is 18.3 Å². The van der Waals surface area contributed by atoms with Crippen LogP contribution in [0.25, 0.3) is 0 Å². The Morgan fingerprint density at radius 3 is 2.92 bits per heavy atom. The molecule has 0 aromatic heterocycles. The highest BCUT2D eigenvalue weighted by molar-refractivity contribution is 5.85. The number of amides is 1. The topological polar surface area (TPSA) is 50.8 Å². The first kappa shape index (κ1) is 18.9. The molecule has 0 spiro atoms. The number of carbonyl (C=O) groups is 1. The summed E-state index contributed by atoms with van der Waals surface area (Å²) in [6, 6.07) is 4.41. The van der Waals surface area contributed by atoms with Crippen molar-refractivity contribution in [1.29, 1.82) is 0 Å². The Balaban J connectivity index is 0.00000208. The highest BCUT2D eigenvalue weighted by Gasteiger charge is 2.23. The summed E-state index contributed by atoms with van der Waals surface area (Å²) in [7, 11) is 1.71. The van der Waals surface area contributed by atoms with Gasteiger partial charge in [0, 0.05) is 49.6 Å². The molecule has 1 N–H and O–H groups in total. The first-order valence-electron chi connectivity index (χ1n) is 8.44. The number of fused-ring (bicyclic) bond motifs is 1. The lowest BCUT2D eigenvalue weighted by molar-refractivity contribution is -0.127. The van der Waals surface area contributed by atoms with E-state index in [-0.39, 0.29) is 30.5 Å². The molecule has 0 bridgehead atoms. The molecular weight excluding hydrogens is 328 g/mol. The van der Waals surface area contributed by atoms with E-state index in [2.05, 4.69) is 31.3 Å². The van der Waals surface area contributed by atoms with Crippen molar-refractivity contribution in [3.8, 4) is 11.5 Å². The molecule has 24 heavy (non-hydrogen) atoms. The second-order valence-corrected chi connectivity index (χ2v) is 6.63. The number of hydrogen-bond donors (Lipinski definition) is 1. The molecule has 134 valence electrons. The Kier molecular flexibility index (Phi) is 6.35. The van der Waals surface area contributed by atoms with Crippen LogP contribution in [0, 0.1) is 0 Å². The molecule has 2 unspecified atom stereocenters. The third-order valence-corrected chi connectivity index (χ3v) is 4.61. The molecule has 0 saturated carbocycles. The predicted molar refractivity (Wildman–Crippen MR) is 96.2 cm³/mol. The van der Waals surface area contributed by atoms with Crippen molar-refractivity contribution in [3.05, 3.63) is 23.3 Å². The van der Waals surface area contributed by atoms with Gasteiger partial charge in [0.25, 0.3) is 0 Å². The number of nitrogens with zero attached hydrogens (tertiary/aromatic N) is 1. The number of benzene rings is 1. The van der Waals surface area contributed by atoms with Crippen LogP contribution < -0.4 is 14.8 Å². The zero-order valence-electron chi connectivity index (χ0n) is 14.6. The molecule has 2 aliphatic rings. The molecule has 0 radical (unpaired) electrons. The number of methoxy groups -OCH3 is 1. The van der Waals surface area contributed by atoms with Crippen molar-refractivity contribution in [1.82, 2.24) is 10.2 Å². The minimum atomic E-state index is 0. The number of halogens is 1. The molecule has 3 rings (SSSR count). The third-order valence-electron chi connectivity index (χ3n) is 4.61. The van der Waals surface area contributed by atoms with E-state index in [1.54, 1.807) is 7.11 Å². The highest BCUT2D eigenvalue weighted by atomic mass is 35.5. The molecule has 6 heteroatoms. The van der Waals surface area contributed by atoms with E-state index >= 15 is 0 Å². The van der Waals surface area contributed by atoms with Crippen LogP contribution in [-0.2, 0) is 17.8 Å². The van der Waals surface area contributed by atoms with Crippen LogP contribution in [0.2, 0.25) is 0 Å². The van der Waals surface area contributed by atoms with Gasteiger partial charge in [0.15, 0.2) is 0 Å². The maximum Gasteiger partial charge on any atom is 0.222 e. The van der Waals surface area contributed by atoms with Crippen LogP contribution in [0.5, 0.6) is 11.5 Å². The molecule has 2 atom stereocenters. The summed E-state index contributed by atoms with van der Waals surface area (Å²) >= 11 is 0. The lowest BCUT2D eigenvalue weighted by atomic mass is 10.1. The van der Waals surface area contributed by atoms with Gasteiger partial charge in [0.05, 0.1) is 7.11 Å². The van der Waals surface area contributed by atoms with Crippen molar-refractivity contribution in [3.63, 3.8) is 0 Å². The molecule has 1 amide bonds. The number of ether oxygens (including phenoxy) is 2. The second kappa shape index (κ2) is 8.08. The minimum Gasteiger partial charge on any atom is -0.496 e. The summed E-state index contributed by atoms with van der Waals surface area (Å²) in [5, 5.41) is 3.49. The van der Waals surface area contributed by atoms with Crippen molar-refractivity contribution in [2.45, 2.75) is 51.8 Å². The van der Waals surface area contributed by atoms with Gasteiger partial charge in [-0.15, -0.1) is 12.4 Å². The lowest BCUT2D eigenvalue weighted by Crippen LogP contribution is -2.39. The summed E-state index contributed by atoms with van der Waals surface area (Å²) in [5.74, 6) is 2.15. The van der Waals surface area contributed by atoms with Crippen molar-refractivity contribution in [2.75, 3.05) is 20.2 Å². The van der Waals surface area contributed by atoms with Crippen LogP contribution >= 0.6 is 12.4 Å². The van der Waals surface area contributed by atoms with Gasteiger partial charge >= 0.3 is 0 Å². The minimum absolute atomic E-state index is 0. The van der Waals surface area contributed by atoms with Gasteiger partial charge in [-0.1, -0.05) is 0 Å². The number of rotatable bonds is 6. The van der Waals surface area contributed by atoms with Crippen LogP contribution in [-0.4, -0.2) is 43.2 Å². The monoisotopic (exact) mass is 354 g/mol. The van der Waals surface area contributed by atoms with Gasteiger partial charge in [-0.3, -0.25) is 4.79 Å². The number of carbonyl (C=O) groups excluding carboxylic acids is 1. The molecule has 2 heterocycles. The Morgan fingerprint density at radius 2 is 2.25 bits per heavy atom. The van der Waals surface area contributed by atoms with Gasteiger partial charge in [-0.2, -0.15) is 0 Å². The average Bonchev–Trinajstić information content (AvgIpc) is 3.08. The smallest absolute Gasteiger partial charge is 0.222 e. The molecular formula is C18H27ClN2O3. The number of nitrogens with one attached hydrogen (secondary N) is 1. The first-order valence-corrected chi connectivity index (χ1v) is 8.44. The zero-order chi connectivity index (χ0) is 16.4. The van der Waals surface area contributed by atoms with E-state index < -0.39 is 0 Å². The molecule has 0 aliphatic carbocycles. The van der Waals surface area contributed by atoms with Crippen LogP contribution in [0.4, 0.5) is 0 Å². The average molecular weight is 355 g/mol. The quantitative estimate of drug-likeness (QED) is 0.853. The van der Waals surface area contributed by atoms with Gasteiger partial charge in [0.1, 0.15) is 17.6 Å². The van der Waals surface area contributed by atoms with Gasteiger partial charge in [-0.05, 0) is 32.4 Å². The summed E-state index contributed by atoms with van der Waals surface area (Å²) in [4.78, 5) is 13.7. The fraction of sp³-hybridized carbons (Fsp3) is 0.611. The van der Waals surface area contributed by atoms with Crippen LogP contribution in [0.3, 0.4) is 0 Å². The fourth-order valence-corrected chi connectivity index (χ4v) is 3.39. The maximum absolute atomic E-state index is 11.7. The first-order chi connectivity index (χ1) is 11.1. The summed E-state index contributed by atoms with van der Waals surface area (Å²) in [5.41, 5.74) is 2.31. The lowest BCUT2D eigenvalue weighted by Gasteiger charge is -2.22. The van der Waals surface area contributed by atoms with E-state index in [1.807, 2.05) is 4.90 Å². The normalized spacial score (nSPS) is 20.4. The Bertz CT molecular complexity index is 594. The number of likely N-dealkylation sites (tertiary alicyclic amines) is 1. The Hall–Kier alpha value is -1.46. The highest BCUT2D eigenvalue weighted by Crippen LogP contribution is 2.34. The molecule has 1 aromatic carbocycles. The molecule has 1 fully saturated rings. The zero-order valence-corrected chi connectivity index (χ0v) is 15.4. The van der Waals surface area contributed by atoms with Gasteiger partial charge in [0.2, 0.25) is 5.91 Å². The Morgan fingerprint density at radius 1 is 1.46 bits per heavy atom. The van der Waals surface area contributed by atoms with Crippen LogP contribution in [0.1, 0.15) is 37.8 Å². The molecule has 1 saturated heterocycles. The largest absolute Gasteiger partial charge is 0.496 e. The van der Waals surface area contributed by atoms with Gasteiger partial charge in [-0.25, -0.2) is 0 Å². The van der Waals surface area contributed by atoms with E-state index in [9.17, 15) is 4.79 Å². The van der Waals surface area contributed by atoms with E-state index in [0.29, 0.717) is 13.0 Å². The Labute approximate surface area is 150 Å². The fourth-order valence-electron chi connectivity index (χ4n) is 3.39. The van der Waals surface area contributed by atoms with Crippen LogP contribution in [0.15, 0.2) is 12.1 Å². The molecule has 5 nitrogen and oxygen atoms in total. The van der Waals surface area contributed by atoms with E-state index in [0.717, 1.165) is 43.0 Å². The summed E-state index contributed by atoms with van der Waals surface area (Å²) in [6.45, 7) is 6.55. The standard InChI is InChI=1S/C18H26N2O3.ClH/c1-12(11-20-6-4-5-18(20)21)19-10-15-9-17-14(7-13(2)23-17)8-16(15)22-3;/h8-9,12-13,19H,4-7,10-11H2,1-3H3;1H. The van der Waals surface area contributed by atoms with Crippen molar-refractivity contribution < 1.29 is 14.3 Å². The van der Waals surface area contributed by atoms with Gasteiger partial charge < -0.3 is 19.7 Å². The van der Waals surface area contributed by atoms with Crippen molar-refractivity contribution in [2.24, 2.45) is 0 Å². The molecule has 2 aliphatic heterocycles. The predicted octanol–water partition coefficient (Wildman–Crippen LogP) is 2.54. The van der Waals surface area contributed by atoms with E-state index in [4.69, 9.17) is 9.47 Å². The SMILES string of the molecule is COc1cc2c(cc1CNC(C)CN1CCCC1=O)OC(C)C2.Cl. The second-order valence-electron chi connectivity index (χ2n) is 6.63.